The van der Waals surface area contributed by atoms with Gasteiger partial charge in [0.05, 0.1) is 17.3 Å². The molecule has 2 rings (SSSR count). The van der Waals surface area contributed by atoms with Crippen molar-refractivity contribution in [1.29, 1.82) is 0 Å². The smallest absolute Gasteiger partial charge is 0.156 e. The molecule has 3 nitrogen and oxygen atoms in total. The molecule has 0 aliphatic heterocycles. The summed E-state index contributed by atoms with van der Waals surface area (Å²) in [7, 11) is 1.65. The number of rotatable bonds is 4. The van der Waals surface area contributed by atoms with Crippen molar-refractivity contribution in [3.8, 4) is 11.5 Å². The lowest BCUT2D eigenvalue weighted by Crippen LogP contribution is -2.01. The number of methoxy groups -OCH3 is 1. The number of anilines is 1. The fraction of sp³-hybridized carbons (Fsp3) is 0.200. The van der Waals surface area contributed by atoms with Crippen LogP contribution in [0.2, 0.25) is 0 Å². The van der Waals surface area contributed by atoms with Crippen LogP contribution in [0.15, 0.2) is 40.9 Å². The van der Waals surface area contributed by atoms with Crippen molar-refractivity contribution in [3.63, 3.8) is 0 Å². The van der Waals surface area contributed by atoms with Gasteiger partial charge in [0.2, 0.25) is 0 Å². The number of benzene rings is 2. The number of aryl methyl sites for hydroxylation is 1. The highest BCUT2D eigenvalue weighted by Gasteiger charge is 2.08. The third kappa shape index (κ3) is 3.20. The summed E-state index contributed by atoms with van der Waals surface area (Å²) in [6.07, 6.45) is 0. The first-order valence-corrected chi connectivity index (χ1v) is 6.71. The van der Waals surface area contributed by atoms with Crippen LogP contribution in [0, 0.1) is 6.92 Å². The zero-order chi connectivity index (χ0) is 13.8. The van der Waals surface area contributed by atoms with Crippen molar-refractivity contribution in [2.45, 2.75) is 13.5 Å². The first-order chi connectivity index (χ1) is 9.11. The third-order valence-corrected chi connectivity index (χ3v) is 3.43. The molecular formula is C15H16BrNO2. The average molecular weight is 322 g/mol. The second kappa shape index (κ2) is 5.97. The Morgan fingerprint density at radius 1 is 1.21 bits per heavy atom. The van der Waals surface area contributed by atoms with Crippen LogP contribution in [0.1, 0.15) is 11.1 Å². The van der Waals surface area contributed by atoms with Crippen LogP contribution in [0.4, 0.5) is 5.69 Å². The molecule has 4 heteroatoms. The van der Waals surface area contributed by atoms with E-state index < -0.39 is 0 Å². The van der Waals surface area contributed by atoms with Gasteiger partial charge in [-0.3, -0.25) is 0 Å². The van der Waals surface area contributed by atoms with Gasteiger partial charge in [-0.2, -0.15) is 0 Å². The Morgan fingerprint density at radius 3 is 2.68 bits per heavy atom. The lowest BCUT2D eigenvalue weighted by Gasteiger charge is -2.13. The molecule has 19 heavy (non-hydrogen) atoms. The Labute approximate surface area is 121 Å². The summed E-state index contributed by atoms with van der Waals surface area (Å²) in [5, 5.41) is 0. The monoisotopic (exact) mass is 321 g/mol. The summed E-state index contributed by atoms with van der Waals surface area (Å²) in [5.41, 5.74) is 8.68. The molecule has 0 atom stereocenters. The quantitative estimate of drug-likeness (QED) is 0.868. The van der Waals surface area contributed by atoms with Gasteiger partial charge in [-0.25, -0.2) is 0 Å². The Balaban J connectivity index is 2.21. The highest BCUT2D eigenvalue weighted by Crippen LogP contribution is 2.32. The summed E-state index contributed by atoms with van der Waals surface area (Å²) in [4.78, 5) is 0. The van der Waals surface area contributed by atoms with Crippen LogP contribution >= 0.6 is 15.9 Å². The minimum absolute atomic E-state index is 0.414. The summed E-state index contributed by atoms with van der Waals surface area (Å²) in [6, 6.07) is 11.6. The van der Waals surface area contributed by atoms with Crippen LogP contribution < -0.4 is 15.2 Å². The maximum atomic E-state index is 5.90. The number of ether oxygens (including phenoxy) is 2. The molecule has 0 saturated heterocycles. The van der Waals surface area contributed by atoms with Crippen LogP contribution in [-0.2, 0) is 6.61 Å². The van der Waals surface area contributed by atoms with Crippen LogP contribution in [0.5, 0.6) is 11.5 Å². The lowest BCUT2D eigenvalue weighted by molar-refractivity contribution is 0.296. The fourth-order valence-corrected chi connectivity index (χ4v) is 2.34. The average Bonchev–Trinajstić information content (AvgIpc) is 2.38. The third-order valence-electron chi connectivity index (χ3n) is 2.81. The predicted octanol–water partition coefficient (Wildman–Crippen LogP) is 3.93. The van der Waals surface area contributed by atoms with Gasteiger partial charge in [0.25, 0.3) is 0 Å². The minimum Gasteiger partial charge on any atom is -0.496 e. The summed E-state index contributed by atoms with van der Waals surface area (Å²) in [5.74, 6) is 1.47. The van der Waals surface area contributed by atoms with Gasteiger partial charge in [0, 0.05) is 5.56 Å². The highest BCUT2D eigenvalue weighted by molar-refractivity contribution is 9.10. The normalized spacial score (nSPS) is 10.3. The Morgan fingerprint density at radius 2 is 2.00 bits per heavy atom. The van der Waals surface area contributed by atoms with Crippen molar-refractivity contribution in [1.82, 2.24) is 0 Å². The molecule has 2 N–H and O–H groups in total. The molecule has 100 valence electrons. The van der Waals surface area contributed by atoms with Crippen molar-refractivity contribution in [2.75, 3.05) is 12.8 Å². The first-order valence-electron chi connectivity index (χ1n) is 5.92. The second-order valence-electron chi connectivity index (χ2n) is 4.26. The van der Waals surface area contributed by atoms with E-state index in [1.54, 1.807) is 7.11 Å². The van der Waals surface area contributed by atoms with E-state index in [1.807, 2.05) is 43.3 Å². The van der Waals surface area contributed by atoms with Gasteiger partial charge in [-0.1, -0.05) is 17.7 Å². The van der Waals surface area contributed by atoms with Gasteiger partial charge >= 0.3 is 0 Å². The maximum absolute atomic E-state index is 5.90. The largest absolute Gasteiger partial charge is 0.496 e. The molecule has 0 aliphatic rings. The molecule has 0 aromatic heterocycles. The predicted molar refractivity (Wildman–Crippen MR) is 80.6 cm³/mol. The van der Waals surface area contributed by atoms with Crippen molar-refractivity contribution >= 4 is 21.6 Å². The Kier molecular flexibility index (Phi) is 4.32. The molecule has 2 aromatic rings. The molecule has 0 aliphatic carbocycles. The molecule has 0 saturated carbocycles. The minimum atomic E-state index is 0.414. The number of para-hydroxylation sites is 1. The molecule has 0 spiro atoms. The number of hydrogen-bond acceptors (Lipinski definition) is 3. The summed E-state index contributed by atoms with van der Waals surface area (Å²) < 4.78 is 12.0. The number of hydrogen-bond donors (Lipinski definition) is 1. The molecular weight excluding hydrogens is 306 g/mol. The van der Waals surface area contributed by atoms with E-state index >= 15 is 0 Å². The summed E-state index contributed by atoms with van der Waals surface area (Å²) >= 11 is 3.43. The zero-order valence-electron chi connectivity index (χ0n) is 10.9. The van der Waals surface area contributed by atoms with E-state index in [2.05, 4.69) is 15.9 Å². The van der Waals surface area contributed by atoms with Crippen LogP contribution in [0.25, 0.3) is 0 Å². The number of nitrogen functional groups attached to an aromatic ring is 1. The van der Waals surface area contributed by atoms with E-state index in [4.69, 9.17) is 15.2 Å². The summed E-state index contributed by atoms with van der Waals surface area (Å²) in [6.45, 7) is 2.45. The van der Waals surface area contributed by atoms with Gasteiger partial charge in [-0.05, 0) is 47.1 Å². The van der Waals surface area contributed by atoms with E-state index in [9.17, 15) is 0 Å². The van der Waals surface area contributed by atoms with Gasteiger partial charge in [-0.15, -0.1) is 0 Å². The van der Waals surface area contributed by atoms with Crippen molar-refractivity contribution < 1.29 is 9.47 Å². The fourth-order valence-electron chi connectivity index (χ4n) is 1.85. The SMILES string of the molecule is COc1ccc(C)cc1COc1c(N)cccc1Br. The highest BCUT2D eigenvalue weighted by atomic mass is 79.9. The molecule has 2 aromatic carbocycles. The standard InChI is InChI=1S/C15H16BrNO2/c1-10-6-7-14(18-2)11(8-10)9-19-15-12(16)4-3-5-13(15)17/h3-8H,9,17H2,1-2H3. The molecule has 0 unspecified atom stereocenters. The van der Waals surface area contributed by atoms with E-state index in [1.165, 1.54) is 5.56 Å². The van der Waals surface area contributed by atoms with E-state index in [0.717, 1.165) is 15.8 Å². The van der Waals surface area contributed by atoms with Gasteiger partial charge < -0.3 is 15.2 Å². The van der Waals surface area contributed by atoms with Crippen molar-refractivity contribution in [3.05, 3.63) is 52.0 Å². The Bertz CT molecular complexity index is 564. The van der Waals surface area contributed by atoms with E-state index in [-0.39, 0.29) is 0 Å². The van der Waals surface area contributed by atoms with Crippen molar-refractivity contribution in [2.24, 2.45) is 0 Å². The first kappa shape index (κ1) is 13.7. The maximum Gasteiger partial charge on any atom is 0.156 e. The van der Waals surface area contributed by atoms with E-state index in [0.29, 0.717) is 18.0 Å². The lowest BCUT2D eigenvalue weighted by atomic mass is 10.1. The van der Waals surface area contributed by atoms with Crippen LogP contribution in [-0.4, -0.2) is 7.11 Å². The van der Waals surface area contributed by atoms with Crippen LogP contribution in [0.3, 0.4) is 0 Å². The molecule has 0 amide bonds. The molecule has 0 radical (unpaired) electrons. The van der Waals surface area contributed by atoms with Gasteiger partial charge in [0.15, 0.2) is 5.75 Å². The number of nitrogens with two attached hydrogens (primary N) is 1. The zero-order valence-corrected chi connectivity index (χ0v) is 12.5. The Hall–Kier alpha value is -1.68. The second-order valence-corrected chi connectivity index (χ2v) is 5.12. The topological polar surface area (TPSA) is 44.5 Å². The van der Waals surface area contributed by atoms with Gasteiger partial charge in [0.1, 0.15) is 12.4 Å². The molecule has 0 heterocycles. The molecule has 0 fully saturated rings. The number of halogens is 1. The molecule has 0 bridgehead atoms.